The predicted molar refractivity (Wildman–Crippen MR) is 81.0 cm³/mol. The van der Waals surface area contributed by atoms with Gasteiger partial charge in [0.25, 0.3) is 0 Å². The molecule has 1 atom stereocenters. The first-order valence-electron chi connectivity index (χ1n) is 6.80. The fraction of sp³-hybridized carbons (Fsp3) is 1.00. The van der Waals surface area contributed by atoms with Gasteiger partial charge in [-0.3, -0.25) is 0 Å². The highest BCUT2D eigenvalue weighted by atomic mass is 28.3. The second kappa shape index (κ2) is 6.97. The quantitative estimate of drug-likeness (QED) is 0.687. The Balaban J connectivity index is 0.000000293. The second-order valence-corrected chi connectivity index (χ2v) is 12.3. The maximum atomic E-state index is 5.23. The van der Waals surface area contributed by atoms with Crippen LogP contribution in [0.25, 0.3) is 0 Å². The highest BCUT2D eigenvalue weighted by Crippen LogP contribution is 2.36. The fourth-order valence-electron chi connectivity index (χ4n) is 1.81. The standard InChI is InChI=1S/C8H18Si.C5H14OSi/c1-8-6-4-5-7-9(8,2)3;1-4-5(2,3)6-7/h8H,4-7H2,1-3H3;4H2,1-3,7H3. The first-order valence-corrected chi connectivity index (χ1v) is 10.9. The average Bonchev–Trinajstić information content (AvgIpc) is 2.23. The van der Waals surface area contributed by atoms with Gasteiger partial charge in [0.1, 0.15) is 10.5 Å². The Morgan fingerprint density at radius 2 is 1.88 bits per heavy atom. The Labute approximate surface area is 107 Å². The van der Waals surface area contributed by atoms with Crippen LogP contribution < -0.4 is 0 Å². The van der Waals surface area contributed by atoms with Gasteiger partial charge in [-0.25, -0.2) is 0 Å². The van der Waals surface area contributed by atoms with Crippen LogP contribution in [0.5, 0.6) is 0 Å². The van der Waals surface area contributed by atoms with E-state index in [9.17, 15) is 0 Å². The molecule has 16 heavy (non-hydrogen) atoms. The summed E-state index contributed by atoms with van der Waals surface area (Å²) >= 11 is 0. The molecule has 1 nitrogen and oxygen atoms in total. The third-order valence-corrected chi connectivity index (χ3v) is 10.2. The van der Waals surface area contributed by atoms with Crippen LogP contribution in [0.15, 0.2) is 0 Å². The Hall–Kier alpha value is 0.394. The van der Waals surface area contributed by atoms with E-state index in [1.165, 1.54) is 19.3 Å². The molecule has 1 saturated heterocycles. The lowest BCUT2D eigenvalue weighted by Crippen LogP contribution is -2.33. The van der Waals surface area contributed by atoms with Crippen LogP contribution in [-0.2, 0) is 4.43 Å². The van der Waals surface area contributed by atoms with Crippen molar-refractivity contribution in [2.24, 2.45) is 0 Å². The van der Waals surface area contributed by atoms with E-state index < -0.39 is 8.07 Å². The minimum absolute atomic E-state index is 0.145. The Morgan fingerprint density at radius 1 is 1.31 bits per heavy atom. The van der Waals surface area contributed by atoms with E-state index in [0.29, 0.717) is 0 Å². The van der Waals surface area contributed by atoms with Gasteiger partial charge in [0.2, 0.25) is 0 Å². The van der Waals surface area contributed by atoms with Crippen LogP contribution in [0.1, 0.15) is 53.4 Å². The van der Waals surface area contributed by atoms with E-state index in [2.05, 4.69) is 40.8 Å². The van der Waals surface area contributed by atoms with Crippen molar-refractivity contribution in [1.29, 1.82) is 0 Å². The highest BCUT2D eigenvalue weighted by molar-refractivity contribution is 6.78. The highest BCUT2D eigenvalue weighted by Gasteiger charge is 2.30. The molecule has 1 unspecified atom stereocenters. The molecule has 1 rings (SSSR count). The number of hydrogen-bond acceptors (Lipinski definition) is 1. The van der Waals surface area contributed by atoms with Crippen LogP contribution in [-0.4, -0.2) is 24.2 Å². The molecule has 0 saturated carbocycles. The summed E-state index contributed by atoms with van der Waals surface area (Å²) in [5, 5.41) is 0. The summed E-state index contributed by atoms with van der Waals surface area (Å²) in [6.45, 7) is 13.9. The van der Waals surface area contributed by atoms with Gasteiger partial charge in [-0.1, -0.05) is 52.2 Å². The van der Waals surface area contributed by atoms with Crippen molar-refractivity contribution >= 4 is 18.6 Å². The topological polar surface area (TPSA) is 9.23 Å². The molecule has 0 spiro atoms. The van der Waals surface area contributed by atoms with Crippen LogP contribution >= 0.6 is 0 Å². The van der Waals surface area contributed by atoms with Gasteiger partial charge >= 0.3 is 0 Å². The van der Waals surface area contributed by atoms with E-state index in [-0.39, 0.29) is 5.60 Å². The van der Waals surface area contributed by atoms with Gasteiger partial charge in [0.05, 0.1) is 8.07 Å². The van der Waals surface area contributed by atoms with Crippen molar-refractivity contribution in [2.75, 3.05) is 0 Å². The summed E-state index contributed by atoms with van der Waals surface area (Å²) in [6, 6.07) is 1.58. The van der Waals surface area contributed by atoms with Gasteiger partial charge in [-0.05, 0) is 25.8 Å². The van der Waals surface area contributed by atoms with Crippen LogP contribution in [0.3, 0.4) is 0 Å². The van der Waals surface area contributed by atoms with Crippen molar-refractivity contribution in [2.45, 2.75) is 83.7 Å². The molecule has 0 aliphatic carbocycles. The van der Waals surface area contributed by atoms with E-state index >= 15 is 0 Å². The molecule has 0 amide bonds. The van der Waals surface area contributed by atoms with Crippen LogP contribution in [0.4, 0.5) is 0 Å². The first-order chi connectivity index (χ1) is 7.25. The molecule has 0 aromatic heterocycles. The zero-order chi connectivity index (χ0) is 12.8. The van der Waals surface area contributed by atoms with Crippen molar-refractivity contribution in [3.8, 4) is 0 Å². The third-order valence-electron chi connectivity index (χ3n) is 4.45. The fourth-order valence-corrected chi connectivity index (χ4v) is 4.74. The van der Waals surface area contributed by atoms with Crippen LogP contribution in [0.2, 0.25) is 24.7 Å². The first kappa shape index (κ1) is 16.4. The van der Waals surface area contributed by atoms with Crippen LogP contribution in [0, 0.1) is 0 Å². The minimum Gasteiger partial charge on any atom is -0.423 e. The van der Waals surface area contributed by atoms with Gasteiger partial charge in [0, 0.05) is 5.60 Å². The van der Waals surface area contributed by atoms with Gasteiger partial charge in [0.15, 0.2) is 0 Å². The summed E-state index contributed by atoms with van der Waals surface area (Å²) in [7, 11) is 0.163. The van der Waals surface area contributed by atoms with Gasteiger partial charge in [-0.2, -0.15) is 0 Å². The van der Waals surface area contributed by atoms with E-state index in [1.54, 1.807) is 6.04 Å². The van der Waals surface area contributed by atoms with Crippen molar-refractivity contribution in [3.63, 3.8) is 0 Å². The molecule has 0 radical (unpaired) electrons. The molecular formula is C13H32OSi2. The Kier molecular flexibility index (Phi) is 7.14. The molecular weight excluding hydrogens is 228 g/mol. The maximum absolute atomic E-state index is 5.23. The molecule has 3 heteroatoms. The molecule has 0 aromatic carbocycles. The van der Waals surface area contributed by atoms with Crippen molar-refractivity contribution < 1.29 is 4.43 Å². The normalized spacial score (nSPS) is 24.8. The minimum atomic E-state index is -0.694. The Morgan fingerprint density at radius 3 is 2.06 bits per heavy atom. The molecule has 0 aromatic rings. The zero-order valence-corrected chi connectivity index (χ0v) is 15.5. The SMILES string of the molecule is CC1CCCC[Si]1(C)C.CCC(C)(C)O[SiH3]. The number of rotatable bonds is 2. The zero-order valence-electron chi connectivity index (χ0n) is 12.5. The molecule has 1 heterocycles. The smallest absolute Gasteiger partial charge is 0.146 e. The third kappa shape index (κ3) is 6.21. The Bertz CT molecular complexity index is 184. The molecule has 0 bridgehead atoms. The summed E-state index contributed by atoms with van der Waals surface area (Å²) in [5.41, 5.74) is 1.23. The largest absolute Gasteiger partial charge is 0.423 e. The molecule has 1 fully saturated rings. The second-order valence-electron chi connectivity index (χ2n) is 6.45. The average molecular weight is 261 g/mol. The number of hydrogen-bond donors (Lipinski definition) is 0. The van der Waals surface area contributed by atoms with Crippen molar-refractivity contribution in [1.82, 2.24) is 0 Å². The maximum Gasteiger partial charge on any atom is 0.146 e. The lowest BCUT2D eigenvalue weighted by molar-refractivity contribution is 0.119. The van der Waals surface area contributed by atoms with E-state index in [4.69, 9.17) is 4.43 Å². The lowest BCUT2D eigenvalue weighted by atomic mass is 10.1. The van der Waals surface area contributed by atoms with E-state index in [1.807, 2.05) is 0 Å². The molecule has 98 valence electrons. The summed E-state index contributed by atoms with van der Waals surface area (Å²) in [6.07, 6.45) is 5.64. The van der Waals surface area contributed by atoms with Gasteiger partial charge in [-0.15, -0.1) is 0 Å². The monoisotopic (exact) mass is 260 g/mol. The summed E-state index contributed by atoms with van der Waals surface area (Å²) in [4.78, 5) is 0. The van der Waals surface area contributed by atoms with E-state index in [0.717, 1.165) is 22.4 Å². The molecule has 1 aliphatic rings. The lowest BCUT2D eigenvalue weighted by Gasteiger charge is -2.34. The molecule has 1 aliphatic heterocycles. The predicted octanol–water partition coefficient (Wildman–Crippen LogP) is 3.74. The summed E-state index contributed by atoms with van der Waals surface area (Å²) < 4.78 is 5.23. The molecule has 0 N–H and O–H groups in total. The van der Waals surface area contributed by atoms with Crippen molar-refractivity contribution in [3.05, 3.63) is 0 Å². The van der Waals surface area contributed by atoms with Gasteiger partial charge < -0.3 is 4.43 Å². The summed E-state index contributed by atoms with van der Waals surface area (Å²) in [5.74, 6) is 0.